The lowest BCUT2D eigenvalue weighted by molar-refractivity contribution is -0.130. The van der Waals surface area contributed by atoms with Gasteiger partial charge in [0.2, 0.25) is 5.91 Å². The first-order valence-corrected chi connectivity index (χ1v) is 11.7. The number of rotatable bonds is 9. The normalized spacial score (nSPS) is 15.5. The maximum absolute atomic E-state index is 12.7. The maximum atomic E-state index is 12.7. The molecule has 0 radical (unpaired) electrons. The highest BCUT2D eigenvalue weighted by Gasteiger charge is 2.22. The van der Waals surface area contributed by atoms with Gasteiger partial charge >= 0.3 is 0 Å². The quantitative estimate of drug-likeness (QED) is 0.246. The number of aliphatic hydroxyl groups excluding tert-OH is 1. The number of carbonyl (C=O) groups excluding carboxylic acids is 1. The molecule has 2 aromatic carbocycles. The molecule has 2 aromatic rings. The first-order chi connectivity index (χ1) is 15.7. The minimum absolute atomic E-state index is 0. The fourth-order valence-electron chi connectivity index (χ4n) is 4.09. The zero-order valence-corrected chi connectivity index (χ0v) is 21.8. The van der Waals surface area contributed by atoms with Gasteiger partial charge < -0.3 is 20.6 Å². The van der Waals surface area contributed by atoms with Crippen molar-refractivity contribution in [1.82, 2.24) is 15.5 Å². The summed E-state index contributed by atoms with van der Waals surface area (Å²) < 4.78 is 0. The molecule has 1 aliphatic heterocycles. The minimum atomic E-state index is -0.523. The summed E-state index contributed by atoms with van der Waals surface area (Å²) in [7, 11) is 0. The molecule has 0 aromatic heterocycles. The molecule has 1 saturated heterocycles. The van der Waals surface area contributed by atoms with Crippen molar-refractivity contribution in [3.8, 4) is 0 Å². The molecule has 33 heavy (non-hydrogen) atoms. The number of nitrogens with zero attached hydrogens (tertiary/aromatic N) is 2. The fraction of sp³-hybridized carbons (Fsp3) is 0.462. The third-order valence-corrected chi connectivity index (χ3v) is 5.95. The van der Waals surface area contributed by atoms with E-state index in [1.165, 1.54) is 5.56 Å². The lowest BCUT2D eigenvalue weighted by Crippen LogP contribution is -2.42. The van der Waals surface area contributed by atoms with Gasteiger partial charge in [0.25, 0.3) is 0 Å². The van der Waals surface area contributed by atoms with Crippen LogP contribution >= 0.6 is 24.0 Å². The van der Waals surface area contributed by atoms with Gasteiger partial charge in [-0.2, -0.15) is 0 Å². The topological polar surface area (TPSA) is 77.0 Å². The number of aliphatic imine (C=N–C) groups is 1. The number of amides is 1. The molecular weight excluding hydrogens is 527 g/mol. The predicted octanol–water partition coefficient (Wildman–Crippen LogP) is 3.76. The van der Waals surface area contributed by atoms with Crippen LogP contribution in [0.3, 0.4) is 0 Å². The van der Waals surface area contributed by atoms with Crippen LogP contribution < -0.4 is 10.6 Å². The summed E-state index contributed by atoms with van der Waals surface area (Å²) in [4.78, 5) is 19.1. The van der Waals surface area contributed by atoms with E-state index < -0.39 is 6.10 Å². The lowest BCUT2D eigenvalue weighted by atomic mass is 9.90. The number of aliphatic hydroxyl groups is 1. The third-order valence-electron chi connectivity index (χ3n) is 5.95. The van der Waals surface area contributed by atoms with Crippen molar-refractivity contribution in [2.75, 3.05) is 32.7 Å². The fourth-order valence-corrected chi connectivity index (χ4v) is 4.09. The predicted molar refractivity (Wildman–Crippen MR) is 145 cm³/mol. The highest BCUT2D eigenvalue weighted by atomic mass is 127. The number of benzene rings is 2. The van der Waals surface area contributed by atoms with Crippen molar-refractivity contribution in [2.45, 2.75) is 38.7 Å². The molecule has 0 aliphatic carbocycles. The molecule has 1 atom stereocenters. The molecule has 7 heteroatoms. The molecule has 0 bridgehead atoms. The summed E-state index contributed by atoms with van der Waals surface area (Å²) in [5, 5.41) is 16.7. The Hall–Kier alpha value is -2.13. The van der Waals surface area contributed by atoms with E-state index in [2.05, 4.69) is 39.9 Å². The molecule has 180 valence electrons. The van der Waals surface area contributed by atoms with Gasteiger partial charge in [-0.25, -0.2) is 4.99 Å². The molecule has 1 aliphatic rings. The van der Waals surface area contributed by atoms with Gasteiger partial charge in [0, 0.05) is 26.2 Å². The average Bonchev–Trinajstić information content (AvgIpc) is 2.84. The van der Waals surface area contributed by atoms with E-state index in [1.54, 1.807) is 0 Å². The van der Waals surface area contributed by atoms with Crippen molar-refractivity contribution in [3.63, 3.8) is 0 Å². The van der Waals surface area contributed by atoms with E-state index in [-0.39, 0.29) is 36.4 Å². The number of hydrogen-bond acceptors (Lipinski definition) is 3. The first kappa shape index (κ1) is 27.1. The van der Waals surface area contributed by atoms with Gasteiger partial charge in [-0.3, -0.25) is 4.79 Å². The van der Waals surface area contributed by atoms with E-state index in [0.717, 1.165) is 37.9 Å². The van der Waals surface area contributed by atoms with Gasteiger partial charge in [-0.1, -0.05) is 60.7 Å². The largest absolute Gasteiger partial charge is 0.388 e. The summed E-state index contributed by atoms with van der Waals surface area (Å²) in [6, 6.07) is 20.2. The van der Waals surface area contributed by atoms with Crippen molar-refractivity contribution in [1.29, 1.82) is 0 Å². The van der Waals surface area contributed by atoms with Crippen LogP contribution in [-0.4, -0.2) is 54.6 Å². The molecule has 0 spiro atoms. The van der Waals surface area contributed by atoms with Crippen LogP contribution in [-0.2, 0) is 11.2 Å². The Morgan fingerprint density at radius 3 is 2.33 bits per heavy atom. The molecular formula is C26H37IN4O2. The van der Waals surface area contributed by atoms with Crippen LogP contribution in [0.25, 0.3) is 0 Å². The number of hydrogen-bond donors (Lipinski definition) is 3. The molecule has 3 rings (SSSR count). The Bertz CT molecular complexity index is 840. The van der Waals surface area contributed by atoms with Crippen LogP contribution in [0.1, 0.15) is 43.4 Å². The lowest BCUT2D eigenvalue weighted by Gasteiger charge is -2.32. The van der Waals surface area contributed by atoms with Gasteiger partial charge in [0.1, 0.15) is 6.54 Å². The van der Waals surface area contributed by atoms with Crippen molar-refractivity contribution < 1.29 is 9.90 Å². The van der Waals surface area contributed by atoms with Gasteiger partial charge in [-0.05, 0) is 49.7 Å². The first-order valence-electron chi connectivity index (χ1n) is 11.7. The molecule has 0 saturated carbocycles. The number of halogens is 1. The second kappa shape index (κ2) is 14.9. The Balaban J connectivity index is 0.00000385. The van der Waals surface area contributed by atoms with Crippen LogP contribution in [0.15, 0.2) is 65.7 Å². The summed E-state index contributed by atoms with van der Waals surface area (Å²) in [6.07, 6.45) is 3.22. The highest BCUT2D eigenvalue weighted by Crippen LogP contribution is 2.21. The standard InChI is InChI=1S/C26H36N4O2.HI/c1-2-27-26(28-16-13-24(31)23-11-7-4-8-12-23)29-20-25(32)30-17-14-22(15-18-30)19-21-9-5-3-6-10-21;/h3-12,22,24,31H,2,13-20H2,1H3,(H2,27,28,29);1H. The maximum Gasteiger partial charge on any atom is 0.244 e. The smallest absolute Gasteiger partial charge is 0.244 e. The van der Waals surface area contributed by atoms with E-state index in [1.807, 2.05) is 48.2 Å². The van der Waals surface area contributed by atoms with Gasteiger partial charge in [0.05, 0.1) is 6.10 Å². The second-order valence-electron chi connectivity index (χ2n) is 8.35. The molecule has 3 N–H and O–H groups in total. The number of guanidine groups is 1. The zero-order chi connectivity index (χ0) is 22.6. The van der Waals surface area contributed by atoms with Crippen molar-refractivity contribution in [3.05, 3.63) is 71.8 Å². The highest BCUT2D eigenvalue weighted by molar-refractivity contribution is 14.0. The van der Waals surface area contributed by atoms with Crippen molar-refractivity contribution in [2.24, 2.45) is 10.9 Å². The molecule has 6 nitrogen and oxygen atoms in total. The Morgan fingerprint density at radius 2 is 1.70 bits per heavy atom. The van der Waals surface area contributed by atoms with E-state index in [9.17, 15) is 9.90 Å². The molecule has 1 unspecified atom stereocenters. The second-order valence-corrected chi connectivity index (χ2v) is 8.35. The molecule has 1 fully saturated rings. The number of nitrogens with one attached hydrogen (secondary N) is 2. The van der Waals surface area contributed by atoms with Crippen LogP contribution in [0.2, 0.25) is 0 Å². The summed E-state index contributed by atoms with van der Waals surface area (Å²) in [6.45, 7) is 5.03. The SMILES string of the molecule is CCNC(=NCC(=O)N1CCC(Cc2ccccc2)CC1)NCCC(O)c1ccccc1.I. The third kappa shape index (κ3) is 9.33. The van der Waals surface area contributed by atoms with Crippen LogP contribution in [0.4, 0.5) is 0 Å². The minimum Gasteiger partial charge on any atom is -0.388 e. The zero-order valence-electron chi connectivity index (χ0n) is 19.5. The van der Waals surface area contributed by atoms with Crippen LogP contribution in [0.5, 0.6) is 0 Å². The van der Waals surface area contributed by atoms with Gasteiger partial charge in [0.15, 0.2) is 5.96 Å². The Morgan fingerprint density at radius 1 is 1.06 bits per heavy atom. The van der Waals surface area contributed by atoms with E-state index in [0.29, 0.717) is 31.4 Å². The monoisotopic (exact) mass is 564 g/mol. The Kier molecular flexibility index (Phi) is 12.2. The number of carbonyl (C=O) groups is 1. The number of likely N-dealkylation sites (tertiary alicyclic amines) is 1. The van der Waals surface area contributed by atoms with Crippen molar-refractivity contribution >= 4 is 35.8 Å². The summed E-state index contributed by atoms with van der Waals surface area (Å²) in [5.41, 5.74) is 2.28. The van der Waals surface area contributed by atoms with Crippen LogP contribution in [0, 0.1) is 5.92 Å². The summed E-state index contributed by atoms with van der Waals surface area (Å²) >= 11 is 0. The van der Waals surface area contributed by atoms with E-state index >= 15 is 0 Å². The van der Waals surface area contributed by atoms with E-state index in [4.69, 9.17) is 0 Å². The van der Waals surface area contributed by atoms with Gasteiger partial charge in [-0.15, -0.1) is 24.0 Å². The number of piperidine rings is 1. The summed E-state index contributed by atoms with van der Waals surface area (Å²) in [5.74, 6) is 1.32. The molecule has 1 amide bonds. The molecule has 1 heterocycles. The average molecular weight is 565 g/mol. The Labute approximate surface area is 214 Å².